The molecule has 1 amide bonds. The highest BCUT2D eigenvalue weighted by Crippen LogP contribution is 2.34. The number of carboxylic acid groups (broad SMARTS) is 1. The van der Waals surface area contributed by atoms with E-state index in [-0.39, 0.29) is 12.5 Å². The first-order valence-corrected chi connectivity index (χ1v) is 8.05. The minimum absolute atomic E-state index is 0.192. The lowest BCUT2D eigenvalue weighted by molar-refractivity contribution is -0.131. The van der Waals surface area contributed by atoms with Gasteiger partial charge < -0.3 is 19.9 Å². The number of aliphatic carboxylic acids is 1. The van der Waals surface area contributed by atoms with Gasteiger partial charge in [0.05, 0.1) is 7.11 Å². The van der Waals surface area contributed by atoms with Gasteiger partial charge >= 0.3 is 5.97 Å². The molecule has 0 saturated heterocycles. The first kappa shape index (κ1) is 18.5. The summed E-state index contributed by atoms with van der Waals surface area (Å²) in [6.07, 6.45) is 2.45. The van der Waals surface area contributed by atoms with Crippen molar-refractivity contribution in [2.24, 2.45) is 0 Å². The van der Waals surface area contributed by atoms with Crippen molar-refractivity contribution in [1.29, 1.82) is 0 Å². The fraction of sp³-hybridized carbons (Fsp3) is 0.111. The van der Waals surface area contributed by atoms with Crippen LogP contribution in [-0.4, -0.2) is 30.7 Å². The van der Waals surface area contributed by atoms with E-state index in [0.29, 0.717) is 27.2 Å². The minimum Gasteiger partial charge on any atom is -0.493 e. The number of rotatable bonds is 7. The van der Waals surface area contributed by atoms with E-state index in [1.165, 1.54) is 13.2 Å². The molecule has 6 nitrogen and oxygen atoms in total. The molecule has 0 aromatic heterocycles. The number of halogens is 1. The molecular weight excluding hydrogens is 390 g/mol. The maximum atomic E-state index is 11.9. The Morgan fingerprint density at radius 1 is 1.20 bits per heavy atom. The summed E-state index contributed by atoms with van der Waals surface area (Å²) in [5.41, 5.74) is 1.29. The summed E-state index contributed by atoms with van der Waals surface area (Å²) in [5, 5.41) is 11.4. The van der Waals surface area contributed by atoms with Gasteiger partial charge in [0.15, 0.2) is 18.1 Å². The van der Waals surface area contributed by atoms with Gasteiger partial charge in [-0.25, -0.2) is 4.79 Å². The Bertz CT molecular complexity index is 790. The molecule has 0 aliphatic heterocycles. The molecule has 2 rings (SSSR count). The lowest BCUT2D eigenvalue weighted by Crippen LogP contribution is -2.20. The van der Waals surface area contributed by atoms with Crippen molar-refractivity contribution in [3.05, 3.63) is 58.6 Å². The molecule has 0 aliphatic carbocycles. The normalized spacial score (nSPS) is 10.5. The van der Waals surface area contributed by atoms with E-state index >= 15 is 0 Å². The van der Waals surface area contributed by atoms with Crippen LogP contribution in [0.3, 0.4) is 0 Å². The molecular formula is C18H16BrNO5. The highest BCUT2D eigenvalue weighted by atomic mass is 79.9. The third-order valence-corrected chi connectivity index (χ3v) is 3.79. The second-order valence-electron chi connectivity index (χ2n) is 4.90. The van der Waals surface area contributed by atoms with E-state index < -0.39 is 5.97 Å². The summed E-state index contributed by atoms with van der Waals surface area (Å²) >= 11 is 3.34. The number of anilines is 1. The van der Waals surface area contributed by atoms with Crippen LogP contribution in [0.5, 0.6) is 11.5 Å². The molecule has 0 saturated carbocycles. The Labute approximate surface area is 153 Å². The molecule has 2 aromatic carbocycles. The van der Waals surface area contributed by atoms with Gasteiger partial charge in [-0.15, -0.1) is 0 Å². The van der Waals surface area contributed by atoms with Crippen LogP contribution in [0.15, 0.2) is 53.0 Å². The number of carboxylic acids is 1. The number of hydrogen-bond acceptors (Lipinski definition) is 4. The summed E-state index contributed by atoms with van der Waals surface area (Å²) in [5.74, 6) is -0.603. The van der Waals surface area contributed by atoms with Crippen LogP contribution in [0.1, 0.15) is 5.56 Å². The lowest BCUT2D eigenvalue weighted by atomic mass is 10.2. The van der Waals surface area contributed by atoms with Gasteiger partial charge in [0, 0.05) is 16.2 Å². The van der Waals surface area contributed by atoms with Crippen molar-refractivity contribution in [1.82, 2.24) is 0 Å². The number of carbonyl (C=O) groups excluding carboxylic acids is 1. The highest BCUT2D eigenvalue weighted by Gasteiger charge is 2.11. The highest BCUT2D eigenvalue weighted by molar-refractivity contribution is 9.10. The van der Waals surface area contributed by atoms with Gasteiger partial charge in [-0.2, -0.15) is 0 Å². The Morgan fingerprint density at radius 3 is 2.56 bits per heavy atom. The number of methoxy groups -OCH3 is 1. The fourth-order valence-electron chi connectivity index (χ4n) is 1.97. The average molecular weight is 406 g/mol. The summed E-state index contributed by atoms with van der Waals surface area (Å²) in [6.45, 7) is -0.192. The van der Waals surface area contributed by atoms with Gasteiger partial charge in [0.2, 0.25) is 0 Å². The average Bonchev–Trinajstić information content (AvgIpc) is 2.59. The Morgan fingerprint density at radius 2 is 1.92 bits per heavy atom. The van der Waals surface area contributed by atoms with Crippen molar-refractivity contribution < 1.29 is 24.2 Å². The van der Waals surface area contributed by atoms with Crippen LogP contribution in [-0.2, 0) is 9.59 Å². The second-order valence-corrected chi connectivity index (χ2v) is 5.75. The van der Waals surface area contributed by atoms with Gasteiger partial charge in [-0.05, 0) is 35.9 Å². The molecule has 25 heavy (non-hydrogen) atoms. The van der Waals surface area contributed by atoms with Crippen LogP contribution in [0.4, 0.5) is 5.69 Å². The number of benzene rings is 2. The zero-order valence-corrected chi connectivity index (χ0v) is 14.9. The van der Waals surface area contributed by atoms with Crippen molar-refractivity contribution in [2.75, 3.05) is 19.0 Å². The molecule has 0 radical (unpaired) electrons. The van der Waals surface area contributed by atoms with Crippen molar-refractivity contribution >= 4 is 39.6 Å². The van der Waals surface area contributed by atoms with Crippen LogP contribution in [0, 0.1) is 0 Å². The quantitative estimate of drug-likeness (QED) is 0.687. The molecule has 0 bridgehead atoms. The van der Waals surface area contributed by atoms with Crippen LogP contribution in [0.25, 0.3) is 6.08 Å². The SMILES string of the molecule is COc1cc(/C=C/C(=O)O)c(Br)cc1OCC(=O)Nc1ccccc1. The zero-order valence-electron chi connectivity index (χ0n) is 13.4. The summed E-state index contributed by atoms with van der Waals surface area (Å²) in [7, 11) is 1.46. The number of hydrogen-bond donors (Lipinski definition) is 2. The Balaban J connectivity index is 2.07. The molecule has 0 aliphatic rings. The summed E-state index contributed by atoms with van der Waals surface area (Å²) in [4.78, 5) is 22.6. The lowest BCUT2D eigenvalue weighted by Gasteiger charge is -2.13. The maximum Gasteiger partial charge on any atom is 0.328 e. The van der Waals surface area contributed by atoms with E-state index in [1.807, 2.05) is 18.2 Å². The number of nitrogens with one attached hydrogen (secondary N) is 1. The van der Waals surface area contributed by atoms with Crippen LogP contribution >= 0.6 is 15.9 Å². The molecule has 7 heteroatoms. The van der Waals surface area contributed by atoms with E-state index in [2.05, 4.69) is 21.2 Å². The number of amides is 1. The second kappa shape index (κ2) is 8.89. The maximum absolute atomic E-state index is 11.9. The summed E-state index contributed by atoms with van der Waals surface area (Å²) in [6, 6.07) is 12.3. The third-order valence-electron chi connectivity index (χ3n) is 3.10. The predicted molar refractivity (Wildman–Crippen MR) is 97.9 cm³/mol. The van der Waals surface area contributed by atoms with E-state index in [4.69, 9.17) is 14.6 Å². The molecule has 0 heterocycles. The van der Waals surface area contributed by atoms with Gasteiger partial charge in [-0.3, -0.25) is 4.79 Å². The first-order valence-electron chi connectivity index (χ1n) is 7.26. The van der Waals surface area contributed by atoms with Crippen molar-refractivity contribution in [2.45, 2.75) is 0 Å². The van der Waals surface area contributed by atoms with E-state index in [9.17, 15) is 9.59 Å². The molecule has 0 fully saturated rings. The molecule has 0 spiro atoms. The van der Waals surface area contributed by atoms with Crippen LogP contribution < -0.4 is 14.8 Å². The molecule has 2 aromatic rings. The zero-order chi connectivity index (χ0) is 18.2. The Hall–Kier alpha value is -2.80. The number of carbonyl (C=O) groups is 2. The smallest absolute Gasteiger partial charge is 0.328 e. The fourth-order valence-corrected chi connectivity index (χ4v) is 2.43. The third kappa shape index (κ3) is 5.65. The van der Waals surface area contributed by atoms with E-state index in [1.54, 1.807) is 24.3 Å². The monoisotopic (exact) mass is 405 g/mol. The summed E-state index contributed by atoms with van der Waals surface area (Å²) < 4.78 is 11.4. The molecule has 0 unspecified atom stereocenters. The van der Waals surface area contributed by atoms with Crippen molar-refractivity contribution in [3.63, 3.8) is 0 Å². The first-order chi connectivity index (χ1) is 12.0. The Kier molecular flexibility index (Phi) is 6.59. The van der Waals surface area contributed by atoms with E-state index in [0.717, 1.165) is 6.08 Å². The molecule has 0 atom stereocenters. The molecule has 130 valence electrons. The number of para-hydroxylation sites is 1. The van der Waals surface area contributed by atoms with Crippen LogP contribution in [0.2, 0.25) is 0 Å². The minimum atomic E-state index is -1.05. The predicted octanol–water partition coefficient (Wildman–Crippen LogP) is 3.57. The van der Waals surface area contributed by atoms with Gasteiger partial charge in [-0.1, -0.05) is 34.1 Å². The van der Waals surface area contributed by atoms with Gasteiger partial charge in [0.1, 0.15) is 0 Å². The van der Waals surface area contributed by atoms with Gasteiger partial charge in [0.25, 0.3) is 5.91 Å². The standard InChI is InChI=1S/C18H16BrNO5/c1-24-15-9-12(7-8-18(22)23)14(19)10-16(15)25-11-17(21)20-13-5-3-2-4-6-13/h2-10H,11H2,1H3,(H,20,21)(H,22,23)/b8-7+. The molecule has 2 N–H and O–H groups in total. The largest absolute Gasteiger partial charge is 0.493 e. The number of ether oxygens (including phenoxy) is 2. The topological polar surface area (TPSA) is 84.9 Å². The van der Waals surface area contributed by atoms with Crippen molar-refractivity contribution in [3.8, 4) is 11.5 Å².